The van der Waals surface area contributed by atoms with Crippen LogP contribution >= 0.6 is 11.6 Å². The minimum Gasteiger partial charge on any atom is -0.493 e. The van der Waals surface area contributed by atoms with Gasteiger partial charge in [-0.1, -0.05) is 17.7 Å². The summed E-state index contributed by atoms with van der Waals surface area (Å²) < 4.78 is 44.4. The minimum atomic E-state index is -4.22. The third-order valence-corrected chi connectivity index (χ3v) is 7.75. The lowest BCUT2D eigenvalue weighted by Gasteiger charge is -2.29. The molecule has 0 aliphatic carbocycles. The number of nitrogens with one attached hydrogen (secondary N) is 1. The Morgan fingerprint density at radius 3 is 2.64 bits per heavy atom. The number of hydrogen-bond acceptors (Lipinski definition) is 8. The zero-order chi connectivity index (χ0) is 23.6. The van der Waals surface area contributed by atoms with Crippen LogP contribution in [0.2, 0.25) is 5.02 Å². The average molecular weight is 495 g/mol. The maximum atomic E-state index is 13.9. The van der Waals surface area contributed by atoms with Crippen LogP contribution in [-0.4, -0.2) is 55.7 Å². The summed E-state index contributed by atoms with van der Waals surface area (Å²) in [6.07, 6.45) is 1.85. The van der Waals surface area contributed by atoms with Crippen LogP contribution in [0.1, 0.15) is 24.8 Å². The van der Waals surface area contributed by atoms with E-state index in [9.17, 15) is 13.2 Å². The van der Waals surface area contributed by atoms with Gasteiger partial charge in [-0.3, -0.25) is 4.79 Å². The molecule has 1 aliphatic rings. The van der Waals surface area contributed by atoms with E-state index in [0.717, 1.165) is 6.42 Å². The predicted molar refractivity (Wildman–Crippen MR) is 120 cm³/mol. The first-order valence-corrected chi connectivity index (χ1v) is 12.1. The Bertz CT molecular complexity index is 1280. The van der Waals surface area contributed by atoms with Gasteiger partial charge in [0.2, 0.25) is 15.9 Å². The van der Waals surface area contributed by atoms with Crippen molar-refractivity contribution in [2.45, 2.75) is 36.7 Å². The summed E-state index contributed by atoms with van der Waals surface area (Å²) >= 11 is 6.12. The molecular formula is C21H23ClN4O6S. The molecule has 1 saturated heterocycles. The lowest BCUT2D eigenvalue weighted by Crippen LogP contribution is -2.48. The molecule has 2 heterocycles. The van der Waals surface area contributed by atoms with Crippen molar-refractivity contribution >= 4 is 38.6 Å². The molecule has 33 heavy (non-hydrogen) atoms. The molecule has 1 aromatic heterocycles. The lowest BCUT2D eigenvalue weighted by atomic mass is 10.1. The number of nitrogens with zero attached hydrogens (tertiary/aromatic N) is 3. The van der Waals surface area contributed by atoms with Crippen molar-refractivity contribution < 1.29 is 27.3 Å². The van der Waals surface area contributed by atoms with Crippen LogP contribution in [0.4, 0.5) is 0 Å². The number of aromatic nitrogens is 2. The Balaban J connectivity index is 1.82. The van der Waals surface area contributed by atoms with Crippen LogP contribution in [0.15, 0.2) is 39.9 Å². The monoisotopic (exact) mass is 494 g/mol. The first kappa shape index (κ1) is 23.3. The first-order valence-electron chi connectivity index (χ1n) is 10.3. The Morgan fingerprint density at radius 2 is 1.88 bits per heavy atom. The SMILES string of the molecule is COc1ccc(CN(C2CCCCNC2=O)S(=O)(=O)c2ccc(Cl)c3nonc23)cc1OC. The third kappa shape index (κ3) is 4.48. The van der Waals surface area contributed by atoms with Gasteiger partial charge in [0, 0.05) is 13.1 Å². The van der Waals surface area contributed by atoms with Crippen LogP contribution in [0.3, 0.4) is 0 Å². The standard InChI is InChI=1S/C21H23ClN4O6S/c1-30-16-8-6-13(11-17(16)31-2)12-26(15-5-3-4-10-23-21(15)27)33(28,29)18-9-7-14(22)19-20(18)25-32-24-19/h6-9,11,15H,3-5,10,12H2,1-2H3,(H,23,27). The van der Waals surface area contributed by atoms with E-state index in [-0.39, 0.29) is 33.4 Å². The summed E-state index contributed by atoms with van der Waals surface area (Å²) in [6.45, 7) is 0.425. The van der Waals surface area contributed by atoms with Gasteiger partial charge in [0.05, 0.1) is 19.2 Å². The molecule has 3 aromatic rings. The topological polar surface area (TPSA) is 124 Å². The van der Waals surface area contributed by atoms with Gasteiger partial charge in [-0.15, -0.1) is 0 Å². The summed E-state index contributed by atoms with van der Waals surface area (Å²) in [5.41, 5.74) is 0.764. The van der Waals surface area contributed by atoms with Crippen molar-refractivity contribution in [3.8, 4) is 11.5 Å². The number of fused-ring (bicyclic) bond motifs is 1. The van der Waals surface area contributed by atoms with E-state index in [0.29, 0.717) is 36.4 Å². The van der Waals surface area contributed by atoms with Gasteiger partial charge >= 0.3 is 0 Å². The number of carbonyl (C=O) groups is 1. The van der Waals surface area contributed by atoms with E-state index in [1.165, 1.54) is 30.7 Å². The summed E-state index contributed by atoms with van der Waals surface area (Å²) in [4.78, 5) is 12.7. The number of ether oxygens (including phenoxy) is 2. The van der Waals surface area contributed by atoms with Crippen molar-refractivity contribution in [3.63, 3.8) is 0 Å². The van der Waals surface area contributed by atoms with Crippen molar-refractivity contribution in [2.75, 3.05) is 20.8 Å². The van der Waals surface area contributed by atoms with E-state index in [1.807, 2.05) is 0 Å². The molecule has 0 bridgehead atoms. The number of carbonyl (C=O) groups excluding carboxylic acids is 1. The zero-order valence-corrected chi connectivity index (χ0v) is 19.6. The molecule has 1 N–H and O–H groups in total. The number of methoxy groups -OCH3 is 2. The van der Waals surface area contributed by atoms with Gasteiger partial charge in [-0.05, 0) is 59.4 Å². The zero-order valence-electron chi connectivity index (χ0n) is 18.1. The maximum absolute atomic E-state index is 13.9. The first-order chi connectivity index (χ1) is 15.9. The van der Waals surface area contributed by atoms with Crippen molar-refractivity contribution in [2.24, 2.45) is 0 Å². The van der Waals surface area contributed by atoms with E-state index in [2.05, 4.69) is 15.6 Å². The third-order valence-electron chi connectivity index (χ3n) is 5.56. The maximum Gasteiger partial charge on any atom is 0.246 e. The van der Waals surface area contributed by atoms with Crippen molar-refractivity contribution in [1.29, 1.82) is 0 Å². The van der Waals surface area contributed by atoms with E-state index < -0.39 is 16.1 Å². The lowest BCUT2D eigenvalue weighted by molar-refractivity contribution is -0.124. The Morgan fingerprint density at radius 1 is 1.12 bits per heavy atom. The molecular weight excluding hydrogens is 472 g/mol. The summed E-state index contributed by atoms with van der Waals surface area (Å²) in [7, 11) is -1.20. The van der Waals surface area contributed by atoms with Gasteiger partial charge < -0.3 is 14.8 Å². The minimum absolute atomic E-state index is 0.00819. The fourth-order valence-corrected chi connectivity index (χ4v) is 5.78. The number of benzene rings is 2. The van der Waals surface area contributed by atoms with Gasteiger partial charge in [-0.25, -0.2) is 13.0 Å². The summed E-state index contributed by atoms with van der Waals surface area (Å²) in [5, 5.41) is 10.5. The molecule has 176 valence electrons. The molecule has 1 fully saturated rings. The van der Waals surface area contributed by atoms with E-state index in [4.69, 9.17) is 25.7 Å². The molecule has 0 radical (unpaired) electrons. The van der Waals surface area contributed by atoms with Gasteiger partial charge in [0.1, 0.15) is 10.9 Å². The van der Waals surface area contributed by atoms with E-state index >= 15 is 0 Å². The molecule has 0 saturated carbocycles. The normalized spacial score (nSPS) is 17.1. The Labute approximate surface area is 195 Å². The number of amides is 1. The quantitative estimate of drug-likeness (QED) is 0.531. The molecule has 0 spiro atoms. The number of sulfonamides is 1. The average Bonchev–Trinajstić information content (AvgIpc) is 3.21. The predicted octanol–water partition coefficient (Wildman–Crippen LogP) is 2.75. The Kier molecular flexibility index (Phi) is 6.73. The van der Waals surface area contributed by atoms with Crippen LogP contribution in [-0.2, 0) is 21.4 Å². The van der Waals surface area contributed by atoms with Crippen LogP contribution < -0.4 is 14.8 Å². The highest BCUT2D eigenvalue weighted by Crippen LogP contribution is 2.33. The molecule has 10 nitrogen and oxygen atoms in total. The molecule has 1 amide bonds. The molecule has 1 aliphatic heterocycles. The highest BCUT2D eigenvalue weighted by atomic mass is 35.5. The fraction of sp³-hybridized carbons (Fsp3) is 0.381. The Hall–Kier alpha value is -2.89. The largest absolute Gasteiger partial charge is 0.493 e. The van der Waals surface area contributed by atoms with Gasteiger partial charge in [-0.2, -0.15) is 4.31 Å². The fourth-order valence-electron chi connectivity index (χ4n) is 3.87. The molecule has 1 unspecified atom stereocenters. The second-order valence-corrected chi connectivity index (χ2v) is 9.82. The molecule has 1 atom stereocenters. The van der Waals surface area contributed by atoms with Gasteiger partial charge in [0.15, 0.2) is 22.5 Å². The second kappa shape index (κ2) is 9.54. The summed E-state index contributed by atoms with van der Waals surface area (Å²) in [5.74, 6) is 0.614. The van der Waals surface area contributed by atoms with Crippen molar-refractivity contribution in [3.05, 3.63) is 40.9 Å². The molecule has 2 aromatic carbocycles. The summed E-state index contributed by atoms with van der Waals surface area (Å²) in [6, 6.07) is 6.96. The molecule has 12 heteroatoms. The smallest absolute Gasteiger partial charge is 0.246 e. The van der Waals surface area contributed by atoms with E-state index in [1.54, 1.807) is 18.2 Å². The highest BCUT2D eigenvalue weighted by Gasteiger charge is 2.38. The van der Waals surface area contributed by atoms with Crippen LogP contribution in [0.25, 0.3) is 11.0 Å². The molecule has 4 rings (SSSR count). The van der Waals surface area contributed by atoms with Gasteiger partial charge in [0.25, 0.3) is 0 Å². The van der Waals surface area contributed by atoms with Crippen LogP contribution in [0, 0.1) is 0 Å². The highest BCUT2D eigenvalue weighted by molar-refractivity contribution is 7.89. The van der Waals surface area contributed by atoms with Crippen LogP contribution in [0.5, 0.6) is 11.5 Å². The number of halogens is 1. The number of rotatable bonds is 7. The van der Waals surface area contributed by atoms with Crippen molar-refractivity contribution in [1.82, 2.24) is 19.9 Å². The number of hydrogen-bond donors (Lipinski definition) is 1. The second-order valence-electron chi connectivity index (χ2n) is 7.55.